The number of nitrogens with zero attached hydrogens (tertiary/aromatic N) is 4. The molecule has 1 atom stereocenters. The Kier molecular flexibility index (Phi) is 6.02. The van der Waals surface area contributed by atoms with Gasteiger partial charge in [0.1, 0.15) is 5.52 Å². The molecule has 0 saturated carbocycles. The van der Waals surface area contributed by atoms with Gasteiger partial charge in [0, 0.05) is 24.8 Å². The van der Waals surface area contributed by atoms with Crippen LogP contribution in [0.5, 0.6) is 5.88 Å². The van der Waals surface area contributed by atoms with Gasteiger partial charge in [-0.2, -0.15) is 13.2 Å². The van der Waals surface area contributed by atoms with Crippen molar-refractivity contribution in [2.24, 2.45) is 0 Å². The lowest BCUT2D eigenvalue weighted by Crippen LogP contribution is -2.44. The van der Waals surface area contributed by atoms with E-state index in [9.17, 15) is 13.2 Å². The van der Waals surface area contributed by atoms with E-state index in [-0.39, 0.29) is 23.4 Å². The first-order valence-corrected chi connectivity index (χ1v) is 9.71. The highest BCUT2D eigenvalue weighted by Gasteiger charge is 2.30. The van der Waals surface area contributed by atoms with Crippen molar-refractivity contribution in [3.05, 3.63) is 59.4 Å². The van der Waals surface area contributed by atoms with Gasteiger partial charge in [-0.25, -0.2) is 15.0 Å². The third-order valence-electron chi connectivity index (χ3n) is 4.77. The van der Waals surface area contributed by atoms with Crippen LogP contribution in [0.4, 0.5) is 13.2 Å². The number of hydrogen-bond donors (Lipinski definition) is 0. The second kappa shape index (κ2) is 8.88. The highest BCUT2D eigenvalue weighted by Crippen LogP contribution is 2.29. The molecule has 0 aliphatic carbocycles. The summed E-state index contributed by atoms with van der Waals surface area (Å²) in [5.41, 5.74) is 0.579. The fourth-order valence-corrected chi connectivity index (χ4v) is 3.12. The third kappa shape index (κ3) is 5.10. The van der Waals surface area contributed by atoms with E-state index in [2.05, 4.69) is 31.7 Å². The minimum absolute atomic E-state index is 0.207. The maximum atomic E-state index is 13.0. The van der Waals surface area contributed by atoms with E-state index in [1.807, 2.05) is 6.92 Å². The summed E-state index contributed by atoms with van der Waals surface area (Å²) in [6, 6.07) is 8.32. The SMILES string of the molecule is CC(Oc1nc2cccnc2nc1C#Cc1cccc(C(F)(F)F)c1)N1CCOCC1. The van der Waals surface area contributed by atoms with E-state index < -0.39 is 11.7 Å². The quantitative estimate of drug-likeness (QED) is 0.596. The van der Waals surface area contributed by atoms with Gasteiger partial charge in [0.2, 0.25) is 0 Å². The average Bonchev–Trinajstić information content (AvgIpc) is 2.78. The van der Waals surface area contributed by atoms with Crippen molar-refractivity contribution < 1.29 is 22.6 Å². The molecule has 9 heteroatoms. The Morgan fingerprint density at radius 3 is 2.68 bits per heavy atom. The van der Waals surface area contributed by atoms with Crippen molar-refractivity contribution in [3.8, 4) is 17.7 Å². The number of fused-ring (bicyclic) bond motifs is 1. The molecular weight excluding hydrogens is 409 g/mol. The summed E-state index contributed by atoms with van der Waals surface area (Å²) in [4.78, 5) is 15.2. The van der Waals surface area contributed by atoms with Gasteiger partial charge in [-0.1, -0.05) is 12.0 Å². The van der Waals surface area contributed by atoms with E-state index in [1.54, 1.807) is 18.3 Å². The van der Waals surface area contributed by atoms with E-state index in [0.29, 0.717) is 24.4 Å². The van der Waals surface area contributed by atoms with Crippen LogP contribution in [-0.2, 0) is 10.9 Å². The van der Waals surface area contributed by atoms with Gasteiger partial charge < -0.3 is 9.47 Å². The van der Waals surface area contributed by atoms with Crippen molar-refractivity contribution >= 4 is 11.2 Å². The minimum atomic E-state index is -4.44. The van der Waals surface area contributed by atoms with Crippen LogP contribution in [0.15, 0.2) is 42.6 Å². The average molecular weight is 428 g/mol. The normalized spacial score (nSPS) is 15.9. The third-order valence-corrected chi connectivity index (χ3v) is 4.77. The van der Waals surface area contributed by atoms with Crippen molar-refractivity contribution in [2.75, 3.05) is 26.3 Å². The lowest BCUT2D eigenvalue weighted by molar-refractivity contribution is -0.137. The van der Waals surface area contributed by atoms with Gasteiger partial charge >= 0.3 is 6.18 Å². The van der Waals surface area contributed by atoms with Crippen LogP contribution >= 0.6 is 0 Å². The first-order valence-electron chi connectivity index (χ1n) is 9.71. The fourth-order valence-electron chi connectivity index (χ4n) is 3.12. The summed E-state index contributed by atoms with van der Waals surface area (Å²) < 4.78 is 50.3. The molecule has 0 radical (unpaired) electrons. The number of morpholine rings is 1. The number of ether oxygens (including phenoxy) is 2. The monoisotopic (exact) mass is 428 g/mol. The molecule has 0 amide bonds. The van der Waals surface area contributed by atoms with Crippen LogP contribution in [0.2, 0.25) is 0 Å². The van der Waals surface area contributed by atoms with E-state index >= 15 is 0 Å². The predicted octanol–water partition coefficient (Wildman–Crippen LogP) is 3.50. The Bertz CT molecular complexity index is 1130. The van der Waals surface area contributed by atoms with Gasteiger partial charge in [-0.05, 0) is 43.2 Å². The van der Waals surface area contributed by atoms with Crippen LogP contribution < -0.4 is 4.74 Å². The lowest BCUT2D eigenvalue weighted by atomic mass is 10.1. The molecule has 2 aromatic heterocycles. The fraction of sp³-hybridized carbons (Fsp3) is 0.318. The molecule has 6 nitrogen and oxygen atoms in total. The molecular formula is C22H19F3N4O2. The highest BCUT2D eigenvalue weighted by atomic mass is 19.4. The summed E-state index contributed by atoms with van der Waals surface area (Å²) in [6.07, 6.45) is -3.16. The minimum Gasteiger partial charge on any atom is -0.457 e. The largest absolute Gasteiger partial charge is 0.457 e. The summed E-state index contributed by atoms with van der Waals surface area (Å²) in [6.45, 7) is 4.56. The summed E-state index contributed by atoms with van der Waals surface area (Å²) in [5.74, 6) is 5.75. The Balaban J connectivity index is 1.68. The number of pyridine rings is 1. The number of rotatable bonds is 3. The van der Waals surface area contributed by atoms with Crippen molar-refractivity contribution in [1.29, 1.82) is 0 Å². The lowest BCUT2D eigenvalue weighted by Gasteiger charge is -2.31. The molecule has 3 aromatic rings. The van der Waals surface area contributed by atoms with Gasteiger partial charge in [-0.15, -0.1) is 0 Å². The van der Waals surface area contributed by atoms with Crippen molar-refractivity contribution in [1.82, 2.24) is 19.9 Å². The first kappa shape index (κ1) is 21.0. The van der Waals surface area contributed by atoms with E-state index in [4.69, 9.17) is 9.47 Å². The number of alkyl halides is 3. The van der Waals surface area contributed by atoms with Gasteiger partial charge in [0.05, 0.1) is 18.8 Å². The maximum Gasteiger partial charge on any atom is 0.416 e. The van der Waals surface area contributed by atoms with Gasteiger partial charge in [0.15, 0.2) is 17.6 Å². The molecule has 1 aliphatic heterocycles. The molecule has 4 rings (SSSR count). The highest BCUT2D eigenvalue weighted by molar-refractivity contribution is 5.71. The molecule has 1 aromatic carbocycles. The molecule has 1 unspecified atom stereocenters. The molecule has 0 N–H and O–H groups in total. The summed E-state index contributed by atoms with van der Waals surface area (Å²) in [5, 5.41) is 0. The Morgan fingerprint density at radius 1 is 1.10 bits per heavy atom. The van der Waals surface area contributed by atoms with Crippen LogP contribution in [0, 0.1) is 11.8 Å². The van der Waals surface area contributed by atoms with Gasteiger partial charge in [0.25, 0.3) is 5.88 Å². The predicted molar refractivity (Wildman–Crippen MR) is 107 cm³/mol. The van der Waals surface area contributed by atoms with Crippen molar-refractivity contribution in [3.63, 3.8) is 0 Å². The zero-order chi connectivity index (χ0) is 21.8. The first-order chi connectivity index (χ1) is 14.9. The molecule has 160 valence electrons. The molecule has 0 bridgehead atoms. The molecule has 3 heterocycles. The zero-order valence-electron chi connectivity index (χ0n) is 16.7. The van der Waals surface area contributed by atoms with Crippen LogP contribution in [-0.4, -0.2) is 52.4 Å². The number of benzene rings is 1. The summed E-state index contributed by atoms with van der Waals surface area (Å²) >= 11 is 0. The molecule has 1 fully saturated rings. The van der Waals surface area contributed by atoms with Gasteiger partial charge in [-0.3, -0.25) is 4.90 Å². The Labute approximate surface area is 177 Å². The molecule has 1 aliphatic rings. The summed E-state index contributed by atoms with van der Waals surface area (Å²) in [7, 11) is 0. The second-order valence-electron chi connectivity index (χ2n) is 6.92. The molecule has 0 spiro atoms. The zero-order valence-corrected chi connectivity index (χ0v) is 16.7. The second-order valence-corrected chi connectivity index (χ2v) is 6.92. The number of halogens is 3. The van der Waals surface area contributed by atoms with E-state index in [0.717, 1.165) is 25.2 Å². The Morgan fingerprint density at radius 2 is 1.90 bits per heavy atom. The van der Waals surface area contributed by atoms with Crippen LogP contribution in [0.1, 0.15) is 23.7 Å². The van der Waals surface area contributed by atoms with Crippen molar-refractivity contribution in [2.45, 2.75) is 19.3 Å². The smallest absolute Gasteiger partial charge is 0.416 e. The van der Waals surface area contributed by atoms with Crippen LogP contribution in [0.3, 0.4) is 0 Å². The molecule has 1 saturated heterocycles. The maximum absolute atomic E-state index is 13.0. The topological polar surface area (TPSA) is 60.4 Å². The number of aromatic nitrogens is 3. The number of hydrogen-bond acceptors (Lipinski definition) is 6. The molecule has 31 heavy (non-hydrogen) atoms. The standard InChI is InChI=1S/C22H19F3N4O2/c1-15(29-10-12-30-13-11-29)31-21-19(27-20-18(28-21)6-3-9-26-20)8-7-16-4-2-5-17(14-16)22(23,24)25/h2-6,9,14-15H,10-13H2,1H3. The van der Waals surface area contributed by atoms with E-state index in [1.165, 1.54) is 12.1 Å². The Hall–Kier alpha value is -3.22. The van der Waals surface area contributed by atoms with Crippen LogP contribution in [0.25, 0.3) is 11.2 Å².